The van der Waals surface area contributed by atoms with Gasteiger partial charge >= 0.3 is 6.02 Å². The number of amidine groups is 1. The van der Waals surface area contributed by atoms with Gasteiger partial charge in [0.15, 0.2) is 6.73 Å². The molecule has 0 aliphatic rings. The van der Waals surface area contributed by atoms with Crippen LogP contribution < -0.4 is 4.84 Å². The molecule has 0 saturated heterocycles. The lowest BCUT2D eigenvalue weighted by molar-refractivity contribution is -0.481. The maximum atomic E-state index is 9.15. The van der Waals surface area contributed by atoms with Crippen molar-refractivity contribution in [1.29, 1.82) is 0 Å². The first-order valence-corrected chi connectivity index (χ1v) is 5.48. The molecule has 0 fully saturated rings. The molecule has 18 heavy (non-hydrogen) atoms. The monoisotopic (exact) mass is 250 g/mol. The van der Waals surface area contributed by atoms with Crippen molar-refractivity contribution in [3.8, 4) is 0 Å². The van der Waals surface area contributed by atoms with Gasteiger partial charge in [-0.25, -0.2) is 9.48 Å². The molecule has 0 radical (unpaired) electrons. The van der Waals surface area contributed by atoms with E-state index in [-0.39, 0.29) is 6.73 Å². The highest BCUT2D eigenvalue weighted by atomic mass is 16.7. The van der Waals surface area contributed by atoms with E-state index in [0.29, 0.717) is 6.02 Å². The van der Waals surface area contributed by atoms with Gasteiger partial charge in [0.25, 0.3) is 0 Å². The average Bonchev–Trinajstić information content (AvgIpc) is 2.78. The minimum absolute atomic E-state index is 0.153. The van der Waals surface area contributed by atoms with Crippen LogP contribution in [0, 0.1) is 0 Å². The van der Waals surface area contributed by atoms with E-state index in [2.05, 4.69) is 10.3 Å². The Balaban J connectivity index is 2.36. The second-order valence-electron chi connectivity index (χ2n) is 4.06. The number of aromatic nitrogens is 3. The van der Waals surface area contributed by atoms with Gasteiger partial charge in [-0.1, -0.05) is 17.0 Å². The molecule has 1 heterocycles. The molecule has 0 amide bonds. The Kier molecular flexibility index (Phi) is 3.42. The van der Waals surface area contributed by atoms with E-state index in [9.17, 15) is 0 Å². The van der Waals surface area contributed by atoms with Gasteiger partial charge in [0.2, 0.25) is 0 Å². The van der Waals surface area contributed by atoms with Crippen LogP contribution in [0.2, 0.25) is 0 Å². The van der Waals surface area contributed by atoms with E-state index in [0.717, 1.165) is 11.0 Å². The van der Waals surface area contributed by atoms with E-state index in [1.807, 2.05) is 38.4 Å². The normalized spacial score (nSPS) is 10.4. The lowest BCUT2D eigenvalue weighted by atomic mass is 10.3. The zero-order valence-corrected chi connectivity index (χ0v) is 10.6. The Hall–Kier alpha value is -2.15. The molecule has 2 aromatic rings. The quantitative estimate of drug-likeness (QED) is 0.333. The fourth-order valence-corrected chi connectivity index (χ4v) is 1.55. The highest BCUT2D eigenvalue weighted by Crippen LogP contribution is 2.08. The van der Waals surface area contributed by atoms with Gasteiger partial charge in [0, 0.05) is 0 Å². The Labute approximate surface area is 104 Å². The van der Waals surface area contributed by atoms with Crippen molar-refractivity contribution in [2.45, 2.75) is 0 Å². The second kappa shape index (κ2) is 5.01. The first-order valence-electron chi connectivity index (χ1n) is 5.48. The van der Waals surface area contributed by atoms with Crippen molar-refractivity contribution < 1.29 is 14.5 Å². The largest absolute Gasteiger partial charge is 0.474 e. The first kappa shape index (κ1) is 12.3. The molecule has 7 heteroatoms. The number of fused-ring (bicyclic) bond motifs is 1. The highest BCUT2D eigenvalue weighted by molar-refractivity contribution is 5.75. The van der Waals surface area contributed by atoms with Crippen LogP contribution in [-0.4, -0.2) is 63.6 Å². The molecule has 0 bridgehead atoms. The van der Waals surface area contributed by atoms with Crippen LogP contribution in [0.4, 0.5) is 0 Å². The summed E-state index contributed by atoms with van der Waals surface area (Å²) in [5, 5.41) is 17.1. The van der Waals surface area contributed by atoms with Gasteiger partial charge in [0.1, 0.15) is 11.0 Å². The molecule has 1 aromatic carbocycles. The van der Waals surface area contributed by atoms with Gasteiger partial charge in [-0.3, -0.25) is 4.84 Å². The third kappa shape index (κ3) is 2.25. The fraction of sp³-hybridized carbons (Fsp3) is 0.364. The first-order chi connectivity index (χ1) is 8.63. The highest BCUT2D eigenvalue weighted by Gasteiger charge is 2.20. The topological polar surface area (TPSA) is 66.4 Å². The SMILES string of the molecule is CN(CO)C(On1nnc2ccccc21)=[N+](C)C. The molecule has 0 saturated carbocycles. The van der Waals surface area contributed by atoms with Crippen molar-refractivity contribution in [1.82, 2.24) is 20.1 Å². The zero-order chi connectivity index (χ0) is 13.1. The third-order valence-corrected chi connectivity index (χ3v) is 2.41. The molecule has 1 N–H and O–H groups in total. The second-order valence-corrected chi connectivity index (χ2v) is 4.06. The Morgan fingerprint density at radius 2 is 2.17 bits per heavy atom. The summed E-state index contributed by atoms with van der Waals surface area (Å²) < 4.78 is 1.74. The molecule has 0 spiro atoms. The van der Waals surface area contributed by atoms with Gasteiger partial charge in [-0.2, -0.15) is 0 Å². The standard InChI is InChI=1S/C11H16N5O2/c1-14(2)11(15(3)8-17)18-16-10-7-5-4-6-9(10)12-13-16/h4-7,17H,8H2,1-3H3/q+1. The van der Waals surface area contributed by atoms with Gasteiger partial charge in [0.05, 0.1) is 21.1 Å². The number of aliphatic hydroxyl groups is 1. The van der Waals surface area contributed by atoms with Crippen LogP contribution in [0.15, 0.2) is 24.3 Å². The predicted octanol–water partition coefficient (Wildman–Crippen LogP) is -0.630. The summed E-state index contributed by atoms with van der Waals surface area (Å²) in [5.41, 5.74) is 1.52. The number of aliphatic hydroxyl groups excluding tert-OH is 1. The molecule has 0 aliphatic carbocycles. The van der Waals surface area contributed by atoms with Crippen LogP contribution in [0.5, 0.6) is 0 Å². The maximum absolute atomic E-state index is 9.15. The summed E-state index contributed by atoms with van der Waals surface area (Å²) >= 11 is 0. The van der Waals surface area contributed by atoms with Crippen molar-refractivity contribution in [3.05, 3.63) is 24.3 Å². The van der Waals surface area contributed by atoms with Crippen molar-refractivity contribution >= 4 is 17.1 Å². The summed E-state index contributed by atoms with van der Waals surface area (Å²) in [4.78, 5) is 8.52. The van der Waals surface area contributed by atoms with Crippen molar-refractivity contribution in [3.63, 3.8) is 0 Å². The smallest absolute Gasteiger partial charge is 0.358 e. The van der Waals surface area contributed by atoms with Crippen molar-refractivity contribution in [2.75, 3.05) is 27.9 Å². The number of hydrogen-bond acceptors (Lipinski definition) is 4. The zero-order valence-electron chi connectivity index (χ0n) is 10.6. The Morgan fingerprint density at radius 3 is 2.83 bits per heavy atom. The molecule has 0 aliphatic heterocycles. The van der Waals surface area contributed by atoms with Gasteiger partial charge in [-0.05, 0) is 17.3 Å². The molecule has 0 atom stereocenters. The molecular weight excluding hydrogens is 234 g/mol. The summed E-state index contributed by atoms with van der Waals surface area (Å²) in [6.45, 7) is -0.153. The van der Waals surface area contributed by atoms with Crippen LogP contribution in [0.25, 0.3) is 11.0 Å². The fourth-order valence-electron chi connectivity index (χ4n) is 1.55. The molecule has 0 unspecified atom stereocenters. The Morgan fingerprint density at radius 1 is 1.44 bits per heavy atom. The lowest BCUT2D eigenvalue weighted by Crippen LogP contribution is -2.41. The van der Waals surface area contributed by atoms with E-state index >= 15 is 0 Å². The van der Waals surface area contributed by atoms with E-state index < -0.39 is 0 Å². The molecule has 7 nitrogen and oxygen atoms in total. The minimum Gasteiger partial charge on any atom is -0.358 e. The molecular formula is C11H16N5O2+. The number of hydrogen-bond donors (Lipinski definition) is 1. The van der Waals surface area contributed by atoms with Crippen molar-refractivity contribution in [2.24, 2.45) is 0 Å². The third-order valence-electron chi connectivity index (χ3n) is 2.41. The number of rotatable bonds is 2. The van der Waals surface area contributed by atoms with Crippen LogP contribution in [0.1, 0.15) is 0 Å². The van der Waals surface area contributed by atoms with Gasteiger partial charge in [-0.15, -0.1) is 5.10 Å². The van der Waals surface area contributed by atoms with Gasteiger partial charge < -0.3 is 5.11 Å². The van der Waals surface area contributed by atoms with E-state index in [4.69, 9.17) is 9.94 Å². The number of benzene rings is 1. The van der Waals surface area contributed by atoms with Crippen LogP contribution in [-0.2, 0) is 0 Å². The summed E-state index contributed by atoms with van der Waals surface area (Å²) in [5.74, 6) is 0. The summed E-state index contributed by atoms with van der Waals surface area (Å²) in [7, 11) is 5.36. The van der Waals surface area contributed by atoms with Crippen LogP contribution in [0.3, 0.4) is 0 Å². The average molecular weight is 250 g/mol. The lowest BCUT2D eigenvalue weighted by Gasteiger charge is -2.12. The minimum atomic E-state index is -0.153. The summed E-state index contributed by atoms with van der Waals surface area (Å²) in [6.07, 6.45) is 0. The van der Waals surface area contributed by atoms with E-state index in [1.165, 1.54) is 4.85 Å². The predicted molar refractivity (Wildman–Crippen MR) is 66.1 cm³/mol. The Bertz CT molecular complexity index is 574. The number of nitrogens with zero attached hydrogens (tertiary/aromatic N) is 5. The number of para-hydroxylation sites is 1. The molecule has 96 valence electrons. The molecule has 1 aromatic heterocycles. The maximum Gasteiger partial charge on any atom is 0.474 e. The molecule has 2 rings (SSSR count). The van der Waals surface area contributed by atoms with E-state index in [1.54, 1.807) is 16.5 Å². The van der Waals surface area contributed by atoms with Crippen LogP contribution >= 0.6 is 0 Å². The summed E-state index contributed by atoms with van der Waals surface area (Å²) in [6, 6.07) is 7.96.